The van der Waals surface area contributed by atoms with Crippen LogP contribution >= 0.6 is 11.8 Å². The Morgan fingerprint density at radius 2 is 1.66 bits per heavy atom. The molecule has 3 aromatic carbocycles. The number of amides is 1. The summed E-state index contributed by atoms with van der Waals surface area (Å²) >= 11 is 1.37. The average Bonchev–Trinajstić information content (AvgIpc) is 2.76. The molecule has 1 amide bonds. The van der Waals surface area contributed by atoms with Crippen LogP contribution in [0.4, 0.5) is 5.69 Å². The minimum atomic E-state index is -0.441. The number of ether oxygens (including phenoxy) is 1. The van der Waals surface area contributed by atoms with E-state index in [0.29, 0.717) is 17.7 Å². The molecule has 0 aliphatic carbocycles. The van der Waals surface area contributed by atoms with Gasteiger partial charge in [0.05, 0.1) is 5.75 Å². The Bertz CT molecular complexity index is 1030. The molecule has 3 rings (SSSR count). The lowest BCUT2D eigenvalue weighted by molar-refractivity contribution is -0.139. The highest BCUT2D eigenvalue weighted by Gasteiger charge is 2.11. The molecular weight excluding hydrogens is 386 g/mol. The van der Waals surface area contributed by atoms with Crippen molar-refractivity contribution in [1.29, 1.82) is 0 Å². The Balaban J connectivity index is 1.46. The maximum Gasteiger partial charge on any atom is 0.316 e. The zero-order chi connectivity index (χ0) is 20.6. The molecule has 1 N–H and O–H groups in total. The Hall–Kier alpha value is -3.12. The van der Waals surface area contributed by atoms with Gasteiger partial charge in [-0.3, -0.25) is 14.4 Å². The lowest BCUT2D eigenvalue weighted by Gasteiger charge is -2.07. The van der Waals surface area contributed by atoms with Crippen molar-refractivity contribution in [3.8, 4) is 0 Å². The van der Waals surface area contributed by atoms with Gasteiger partial charge in [-0.15, -0.1) is 11.8 Å². The molecule has 0 aliphatic rings. The van der Waals surface area contributed by atoms with Crippen LogP contribution in [0, 0.1) is 0 Å². The van der Waals surface area contributed by atoms with Gasteiger partial charge in [0.1, 0.15) is 0 Å². The first-order valence-corrected chi connectivity index (χ1v) is 10.2. The van der Waals surface area contributed by atoms with Crippen molar-refractivity contribution in [2.75, 3.05) is 17.7 Å². The smallest absolute Gasteiger partial charge is 0.316 e. The second kappa shape index (κ2) is 9.89. The normalized spacial score (nSPS) is 10.5. The minimum absolute atomic E-state index is 0.0954. The van der Waals surface area contributed by atoms with E-state index in [9.17, 15) is 14.4 Å². The first-order chi connectivity index (χ1) is 14.0. The summed E-state index contributed by atoms with van der Waals surface area (Å²) in [6, 6.07) is 20.5. The Morgan fingerprint density at radius 1 is 0.931 bits per heavy atom. The van der Waals surface area contributed by atoms with Crippen LogP contribution in [0.3, 0.4) is 0 Å². The monoisotopic (exact) mass is 407 g/mol. The maximum absolute atomic E-state index is 12.2. The van der Waals surface area contributed by atoms with E-state index in [1.165, 1.54) is 11.8 Å². The second-order valence-corrected chi connectivity index (χ2v) is 7.41. The molecule has 0 atom stereocenters. The van der Waals surface area contributed by atoms with E-state index < -0.39 is 5.97 Å². The molecule has 0 saturated heterocycles. The van der Waals surface area contributed by atoms with E-state index in [1.54, 1.807) is 31.2 Å². The van der Waals surface area contributed by atoms with Gasteiger partial charge in [-0.25, -0.2) is 0 Å². The predicted molar refractivity (Wildman–Crippen MR) is 115 cm³/mol. The lowest BCUT2D eigenvalue weighted by atomic mass is 10.1. The van der Waals surface area contributed by atoms with Gasteiger partial charge in [0.25, 0.3) is 0 Å². The van der Waals surface area contributed by atoms with Crippen molar-refractivity contribution in [2.45, 2.75) is 18.2 Å². The number of hydrogen-bond acceptors (Lipinski definition) is 5. The summed E-state index contributed by atoms with van der Waals surface area (Å²) in [6.07, 6.45) is 0.383. The Kier molecular flexibility index (Phi) is 7.03. The zero-order valence-corrected chi connectivity index (χ0v) is 16.8. The average molecular weight is 407 g/mol. The third-order valence-electron chi connectivity index (χ3n) is 4.25. The Morgan fingerprint density at radius 3 is 2.38 bits per heavy atom. The fourth-order valence-electron chi connectivity index (χ4n) is 2.66. The molecule has 148 valence electrons. The first-order valence-electron chi connectivity index (χ1n) is 9.25. The van der Waals surface area contributed by atoms with Gasteiger partial charge in [0.15, 0.2) is 12.4 Å². The van der Waals surface area contributed by atoms with Crippen LogP contribution in [-0.4, -0.2) is 30.0 Å². The van der Waals surface area contributed by atoms with Crippen molar-refractivity contribution in [2.24, 2.45) is 0 Å². The topological polar surface area (TPSA) is 72.5 Å². The van der Waals surface area contributed by atoms with Gasteiger partial charge in [-0.2, -0.15) is 0 Å². The number of anilines is 1. The molecule has 0 aliphatic heterocycles. The van der Waals surface area contributed by atoms with Gasteiger partial charge < -0.3 is 10.1 Å². The molecule has 3 aromatic rings. The van der Waals surface area contributed by atoms with Crippen molar-refractivity contribution in [1.82, 2.24) is 0 Å². The Labute approximate surface area is 173 Å². The summed E-state index contributed by atoms with van der Waals surface area (Å²) in [5.74, 6) is -0.694. The fraction of sp³-hybridized carbons (Fsp3) is 0.174. The van der Waals surface area contributed by atoms with Crippen LogP contribution in [0.5, 0.6) is 0 Å². The van der Waals surface area contributed by atoms with Crippen molar-refractivity contribution in [3.05, 3.63) is 72.3 Å². The first kappa shape index (κ1) is 20.6. The summed E-state index contributed by atoms with van der Waals surface area (Å²) in [7, 11) is 0. The van der Waals surface area contributed by atoms with Gasteiger partial charge in [-0.1, -0.05) is 37.3 Å². The number of carbonyl (C=O) groups excluding carboxylic acids is 3. The fourth-order valence-corrected chi connectivity index (χ4v) is 3.40. The van der Waals surface area contributed by atoms with E-state index in [-0.39, 0.29) is 24.1 Å². The zero-order valence-electron chi connectivity index (χ0n) is 16.0. The molecular formula is C23H21NO4S. The molecule has 0 aromatic heterocycles. The van der Waals surface area contributed by atoms with Crippen molar-refractivity contribution < 1.29 is 19.1 Å². The molecule has 0 saturated carbocycles. The molecule has 0 bridgehead atoms. The summed E-state index contributed by atoms with van der Waals surface area (Å²) in [5, 5.41) is 4.97. The summed E-state index contributed by atoms with van der Waals surface area (Å²) < 4.78 is 5.10. The van der Waals surface area contributed by atoms with Gasteiger partial charge in [0, 0.05) is 22.6 Å². The summed E-state index contributed by atoms with van der Waals surface area (Å²) in [4.78, 5) is 36.5. The van der Waals surface area contributed by atoms with Crippen LogP contribution in [0.25, 0.3) is 10.8 Å². The van der Waals surface area contributed by atoms with E-state index >= 15 is 0 Å². The van der Waals surface area contributed by atoms with Crippen LogP contribution in [0.15, 0.2) is 71.6 Å². The number of ketones is 1. The number of nitrogens with one attached hydrogen (secondary N) is 1. The number of carbonyl (C=O) groups is 3. The SMILES string of the molecule is CCC(=O)Nc1ccc(C(=O)COC(=O)CSc2ccc3ccccc3c2)cc1. The molecule has 29 heavy (non-hydrogen) atoms. The predicted octanol–water partition coefficient (Wildman–Crippen LogP) is 4.71. The highest BCUT2D eigenvalue weighted by Crippen LogP contribution is 2.23. The number of benzene rings is 3. The van der Waals surface area contributed by atoms with Gasteiger partial charge >= 0.3 is 5.97 Å². The van der Waals surface area contributed by atoms with Crippen LogP contribution in [0.1, 0.15) is 23.7 Å². The third-order valence-corrected chi connectivity index (χ3v) is 5.22. The molecule has 0 radical (unpaired) electrons. The second-order valence-electron chi connectivity index (χ2n) is 6.36. The van der Waals surface area contributed by atoms with E-state index in [0.717, 1.165) is 15.7 Å². The highest BCUT2D eigenvalue weighted by molar-refractivity contribution is 8.00. The van der Waals surface area contributed by atoms with Crippen molar-refractivity contribution in [3.63, 3.8) is 0 Å². The standard InChI is InChI=1S/C23H21NO4S/c1-2-22(26)24-19-10-7-17(8-11-19)21(25)14-28-23(27)15-29-20-12-9-16-5-3-4-6-18(16)13-20/h3-13H,2,14-15H2,1H3,(H,24,26). The summed E-state index contributed by atoms with van der Waals surface area (Å²) in [6.45, 7) is 1.46. The molecule has 0 unspecified atom stereocenters. The largest absolute Gasteiger partial charge is 0.457 e. The van der Waals surface area contributed by atoms with Crippen LogP contribution in [-0.2, 0) is 14.3 Å². The quantitative estimate of drug-likeness (QED) is 0.333. The molecule has 0 heterocycles. The molecule has 0 fully saturated rings. The lowest BCUT2D eigenvalue weighted by Crippen LogP contribution is -2.15. The maximum atomic E-state index is 12.2. The van der Waals surface area contributed by atoms with E-state index in [1.807, 2.05) is 42.5 Å². The number of fused-ring (bicyclic) bond motifs is 1. The number of thioether (sulfide) groups is 1. The summed E-state index contributed by atoms with van der Waals surface area (Å²) in [5.41, 5.74) is 1.05. The van der Waals surface area contributed by atoms with Crippen LogP contribution < -0.4 is 5.32 Å². The van der Waals surface area contributed by atoms with E-state index in [4.69, 9.17) is 4.74 Å². The molecule has 0 spiro atoms. The molecule has 5 nitrogen and oxygen atoms in total. The molecule has 6 heteroatoms. The van der Waals surface area contributed by atoms with Gasteiger partial charge in [0.2, 0.25) is 5.91 Å². The van der Waals surface area contributed by atoms with Crippen LogP contribution in [0.2, 0.25) is 0 Å². The van der Waals surface area contributed by atoms with Gasteiger partial charge in [-0.05, 0) is 47.2 Å². The van der Waals surface area contributed by atoms with E-state index in [2.05, 4.69) is 5.32 Å². The third kappa shape index (κ3) is 5.93. The number of rotatable bonds is 8. The minimum Gasteiger partial charge on any atom is -0.457 e. The van der Waals surface area contributed by atoms with Crippen molar-refractivity contribution >= 4 is 45.9 Å². The number of esters is 1. The number of hydrogen-bond donors (Lipinski definition) is 1. The highest BCUT2D eigenvalue weighted by atomic mass is 32.2. The number of Topliss-reactive ketones (excluding diaryl/α,β-unsaturated/α-hetero) is 1.